The first-order chi connectivity index (χ1) is 13.9. The summed E-state index contributed by atoms with van der Waals surface area (Å²) in [4.78, 5) is 33.3. The van der Waals surface area contributed by atoms with Crippen molar-refractivity contribution >= 4 is 28.6 Å². The summed E-state index contributed by atoms with van der Waals surface area (Å²) in [5.41, 5.74) is 3.64. The Labute approximate surface area is 167 Å². The number of rotatable bonds is 6. The predicted octanol–water partition coefficient (Wildman–Crippen LogP) is 3.06. The minimum absolute atomic E-state index is 0.296. The SMILES string of the molecule is COc1ccc(NC(=O)COC(=O)c2ccc3nc(C)c(C)nc3c2)c(OC)c1. The fourth-order valence-electron chi connectivity index (χ4n) is 2.66. The summed E-state index contributed by atoms with van der Waals surface area (Å²) in [5.74, 6) is -0.0865. The first-order valence-corrected chi connectivity index (χ1v) is 8.85. The molecule has 1 aromatic heterocycles. The van der Waals surface area contributed by atoms with Gasteiger partial charge in [-0.15, -0.1) is 0 Å². The average molecular weight is 395 g/mol. The Morgan fingerprint density at radius 3 is 2.34 bits per heavy atom. The maximum absolute atomic E-state index is 12.3. The first-order valence-electron chi connectivity index (χ1n) is 8.85. The van der Waals surface area contributed by atoms with Crippen molar-refractivity contribution in [3.8, 4) is 11.5 Å². The number of benzene rings is 2. The fourth-order valence-corrected chi connectivity index (χ4v) is 2.66. The molecule has 1 N–H and O–H groups in total. The van der Waals surface area contributed by atoms with Gasteiger partial charge >= 0.3 is 5.97 Å². The summed E-state index contributed by atoms with van der Waals surface area (Å²) in [6.45, 7) is 3.29. The highest BCUT2D eigenvalue weighted by Crippen LogP contribution is 2.28. The number of hydrogen-bond acceptors (Lipinski definition) is 7. The molecular weight excluding hydrogens is 374 g/mol. The molecule has 0 aliphatic rings. The first kappa shape index (κ1) is 20.1. The van der Waals surface area contributed by atoms with Crippen molar-refractivity contribution < 1.29 is 23.8 Å². The van der Waals surface area contributed by atoms with Gasteiger partial charge < -0.3 is 19.5 Å². The van der Waals surface area contributed by atoms with Gasteiger partial charge in [0.1, 0.15) is 11.5 Å². The Kier molecular flexibility index (Phi) is 5.92. The molecule has 8 nitrogen and oxygen atoms in total. The van der Waals surface area contributed by atoms with Gasteiger partial charge in [-0.25, -0.2) is 14.8 Å². The van der Waals surface area contributed by atoms with Crippen LogP contribution in [0.15, 0.2) is 36.4 Å². The van der Waals surface area contributed by atoms with Crippen LogP contribution in [0.5, 0.6) is 11.5 Å². The van der Waals surface area contributed by atoms with Crippen molar-refractivity contribution in [2.45, 2.75) is 13.8 Å². The number of hydrogen-bond donors (Lipinski definition) is 1. The monoisotopic (exact) mass is 395 g/mol. The molecule has 0 bridgehead atoms. The highest BCUT2D eigenvalue weighted by atomic mass is 16.5. The van der Waals surface area contributed by atoms with E-state index in [1.54, 1.807) is 36.4 Å². The predicted molar refractivity (Wildman–Crippen MR) is 107 cm³/mol. The standard InChI is InChI=1S/C21H21N3O5/c1-12-13(2)23-18-9-14(5-7-16(18)22-12)21(26)29-11-20(25)24-17-8-6-15(27-3)10-19(17)28-4/h5-10H,11H2,1-4H3,(H,24,25). The third-order valence-electron chi connectivity index (χ3n) is 4.33. The number of carbonyl (C=O) groups is 2. The zero-order chi connectivity index (χ0) is 21.0. The van der Waals surface area contributed by atoms with Gasteiger partial charge in [0, 0.05) is 6.07 Å². The number of anilines is 1. The van der Waals surface area contributed by atoms with E-state index in [4.69, 9.17) is 14.2 Å². The minimum atomic E-state index is -0.622. The second kappa shape index (κ2) is 8.55. The number of nitrogens with zero attached hydrogens (tertiary/aromatic N) is 2. The fraction of sp³-hybridized carbons (Fsp3) is 0.238. The number of methoxy groups -OCH3 is 2. The second-order valence-electron chi connectivity index (χ2n) is 6.29. The van der Waals surface area contributed by atoms with E-state index in [9.17, 15) is 9.59 Å². The molecule has 150 valence electrons. The van der Waals surface area contributed by atoms with Crippen molar-refractivity contribution in [3.05, 3.63) is 53.3 Å². The van der Waals surface area contributed by atoms with Crippen LogP contribution < -0.4 is 14.8 Å². The van der Waals surface area contributed by atoms with Crippen LogP contribution in [0.1, 0.15) is 21.7 Å². The quantitative estimate of drug-likeness (QED) is 0.640. The maximum atomic E-state index is 12.3. The molecule has 0 aliphatic carbocycles. The van der Waals surface area contributed by atoms with Crippen molar-refractivity contribution in [1.29, 1.82) is 0 Å². The Morgan fingerprint density at radius 1 is 0.931 bits per heavy atom. The number of ether oxygens (including phenoxy) is 3. The van der Waals surface area contributed by atoms with E-state index < -0.39 is 18.5 Å². The van der Waals surface area contributed by atoms with Crippen molar-refractivity contribution in [2.24, 2.45) is 0 Å². The van der Waals surface area contributed by atoms with Crippen molar-refractivity contribution in [2.75, 3.05) is 26.1 Å². The van der Waals surface area contributed by atoms with Crippen molar-refractivity contribution in [1.82, 2.24) is 9.97 Å². The van der Waals surface area contributed by atoms with Gasteiger partial charge in [-0.05, 0) is 44.2 Å². The lowest BCUT2D eigenvalue weighted by Gasteiger charge is -2.12. The Balaban J connectivity index is 1.65. The van der Waals surface area contributed by atoms with Crippen LogP contribution in [-0.2, 0) is 9.53 Å². The van der Waals surface area contributed by atoms with E-state index in [0.29, 0.717) is 33.8 Å². The molecule has 0 radical (unpaired) electrons. The van der Waals surface area contributed by atoms with E-state index in [1.165, 1.54) is 14.2 Å². The zero-order valence-electron chi connectivity index (χ0n) is 16.6. The Morgan fingerprint density at radius 2 is 1.66 bits per heavy atom. The number of nitrogens with one attached hydrogen (secondary N) is 1. The summed E-state index contributed by atoms with van der Waals surface area (Å²) < 4.78 is 15.5. The van der Waals surface area contributed by atoms with E-state index in [-0.39, 0.29) is 0 Å². The molecule has 0 fully saturated rings. The number of amides is 1. The summed E-state index contributed by atoms with van der Waals surface area (Å²) >= 11 is 0. The summed E-state index contributed by atoms with van der Waals surface area (Å²) in [5, 5.41) is 2.64. The Hall–Kier alpha value is -3.68. The van der Waals surface area contributed by atoms with Gasteiger partial charge in [0.15, 0.2) is 6.61 Å². The molecule has 3 rings (SSSR count). The van der Waals surface area contributed by atoms with Crippen molar-refractivity contribution in [3.63, 3.8) is 0 Å². The van der Waals surface area contributed by atoms with Gasteiger partial charge in [0.05, 0.1) is 47.9 Å². The number of carbonyl (C=O) groups excluding carboxylic acids is 2. The molecule has 1 heterocycles. The molecule has 0 saturated carbocycles. The highest BCUT2D eigenvalue weighted by Gasteiger charge is 2.14. The third kappa shape index (κ3) is 4.60. The minimum Gasteiger partial charge on any atom is -0.497 e. The smallest absolute Gasteiger partial charge is 0.338 e. The van der Waals surface area contributed by atoms with Crippen LogP contribution in [0, 0.1) is 13.8 Å². The highest BCUT2D eigenvalue weighted by molar-refractivity contribution is 5.97. The lowest BCUT2D eigenvalue weighted by Crippen LogP contribution is -2.21. The van der Waals surface area contributed by atoms with Crippen LogP contribution in [0.2, 0.25) is 0 Å². The van der Waals surface area contributed by atoms with Gasteiger partial charge in [0.2, 0.25) is 0 Å². The second-order valence-corrected chi connectivity index (χ2v) is 6.29. The number of esters is 1. The molecule has 3 aromatic rings. The molecule has 0 atom stereocenters. The van der Waals surface area contributed by atoms with E-state index in [1.807, 2.05) is 13.8 Å². The van der Waals surface area contributed by atoms with Crippen LogP contribution >= 0.6 is 0 Å². The van der Waals surface area contributed by atoms with Gasteiger partial charge in [-0.3, -0.25) is 4.79 Å². The van der Waals surface area contributed by atoms with Crippen LogP contribution in [0.4, 0.5) is 5.69 Å². The zero-order valence-corrected chi connectivity index (χ0v) is 16.6. The van der Waals surface area contributed by atoms with E-state index >= 15 is 0 Å². The number of aryl methyl sites for hydroxylation is 2. The van der Waals surface area contributed by atoms with E-state index in [2.05, 4.69) is 15.3 Å². The maximum Gasteiger partial charge on any atom is 0.338 e. The number of aromatic nitrogens is 2. The summed E-state index contributed by atoms with van der Waals surface area (Å²) in [7, 11) is 3.02. The largest absolute Gasteiger partial charge is 0.497 e. The molecule has 1 amide bonds. The van der Waals surface area contributed by atoms with Crippen LogP contribution in [0.25, 0.3) is 11.0 Å². The molecule has 8 heteroatoms. The van der Waals surface area contributed by atoms with Gasteiger partial charge in [0.25, 0.3) is 5.91 Å². The molecule has 0 saturated heterocycles. The summed E-state index contributed by atoms with van der Waals surface area (Å²) in [6, 6.07) is 9.86. The molecule has 0 spiro atoms. The third-order valence-corrected chi connectivity index (χ3v) is 4.33. The summed E-state index contributed by atoms with van der Waals surface area (Å²) in [6.07, 6.45) is 0. The molecule has 0 aliphatic heterocycles. The van der Waals surface area contributed by atoms with Crippen LogP contribution in [-0.4, -0.2) is 42.7 Å². The molecule has 2 aromatic carbocycles. The van der Waals surface area contributed by atoms with E-state index in [0.717, 1.165) is 11.4 Å². The number of fused-ring (bicyclic) bond motifs is 1. The lowest BCUT2D eigenvalue weighted by atomic mass is 10.2. The molecular formula is C21H21N3O5. The van der Waals surface area contributed by atoms with Crippen LogP contribution in [0.3, 0.4) is 0 Å². The molecule has 0 unspecified atom stereocenters. The normalized spacial score (nSPS) is 10.5. The topological polar surface area (TPSA) is 99.6 Å². The van der Waals surface area contributed by atoms with Gasteiger partial charge in [-0.2, -0.15) is 0 Å². The Bertz CT molecular complexity index is 1080. The molecule has 29 heavy (non-hydrogen) atoms. The van der Waals surface area contributed by atoms with Gasteiger partial charge in [-0.1, -0.05) is 0 Å². The lowest BCUT2D eigenvalue weighted by molar-refractivity contribution is -0.119. The average Bonchev–Trinajstić information content (AvgIpc) is 2.72.